The Bertz CT molecular complexity index is 719. The average Bonchev–Trinajstić information content (AvgIpc) is 2.83. The highest BCUT2D eigenvalue weighted by atomic mass is 79.9. The number of hydrogen-bond acceptors (Lipinski definition) is 3. The maximum absolute atomic E-state index is 6.39. The lowest BCUT2D eigenvalue weighted by atomic mass is 9.93. The van der Waals surface area contributed by atoms with Gasteiger partial charge in [0.25, 0.3) is 0 Å². The van der Waals surface area contributed by atoms with Crippen molar-refractivity contribution in [3.8, 4) is 0 Å². The van der Waals surface area contributed by atoms with Gasteiger partial charge in [-0.1, -0.05) is 46.3 Å². The largest absolute Gasteiger partial charge is 0.438 e. The fourth-order valence-electron chi connectivity index (χ4n) is 2.03. The van der Waals surface area contributed by atoms with Gasteiger partial charge in [-0.05, 0) is 30.7 Å². The Hall–Kier alpha value is -1.65. The third-order valence-electron chi connectivity index (χ3n) is 3.17. The fourth-order valence-corrected chi connectivity index (χ4v) is 2.38. The molecule has 0 aliphatic rings. The number of hydrogen-bond donors (Lipinski definition) is 1. The molecule has 19 heavy (non-hydrogen) atoms. The fraction of sp³-hybridized carbons (Fsp3) is 0.133. The summed E-state index contributed by atoms with van der Waals surface area (Å²) in [6.07, 6.45) is 0. The Morgan fingerprint density at radius 2 is 1.89 bits per heavy atom. The van der Waals surface area contributed by atoms with E-state index in [1.165, 1.54) is 0 Å². The first-order chi connectivity index (χ1) is 9.07. The lowest BCUT2D eigenvalue weighted by Crippen LogP contribution is -2.34. The average molecular weight is 317 g/mol. The smallest absolute Gasteiger partial charge is 0.219 e. The number of aromatic nitrogens is 1. The van der Waals surface area contributed by atoms with Crippen molar-refractivity contribution in [3.63, 3.8) is 0 Å². The molecule has 1 atom stereocenters. The molecule has 1 heterocycles. The Kier molecular flexibility index (Phi) is 2.92. The minimum absolute atomic E-state index is 0.520. The summed E-state index contributed by atoms with van der Waals surface area (Å²) in [6, 6.07) is 15.6. The van der Waals surface area contributed by atoms with Crippen molar-refractivity contribution in [2.75, 3.05) is 0 Å². The van der Waals surface area contributed by atoms with Gasteiger partial charge in [0.05, 0.1) is 0 Å². The monoisotopic (exact) mass is 316 g/mol. The lowest BCUT2D eigenvalue weighted by molar-refractivity contribution is 0.418. The van der Waals surface area contributed by atoms with Crippen molar-refractivity contribution in [3.05, 3.63) is 64.5 Å². The van der Waals surface area contributed by atoms with E-state index in [0.29, 0.717) is 5.89 Å². The van der Waals surface area contributed by atoms with Gasteiger partial charge in [-0.2, -0.15) is 0 Å². The summed E-state index contributed by atoms with van der Waals surface area (Å²) in [7, 11) is 0. The van der Waals surface area contributed by atoms with Crippen LogP contribution in [-0.2, 0) is 5.54 Å². The van der Waals surface area contributed by atoms with E-state index in [4.69, 9.17) is 10.2 Å². The van der Waals surface area contributed by atoms with Crippen molar-refractivity contribution in [2.45, 2.75) is 12.5 Å². The summed E-state index contributed by atoms with van der Waals surface area (Å²) in [6.45, 7) is 1.90. The Morgan fingerprint density at radius 1 is 1.16 bits per heavy atom. The quantitative estimate of drug-likeness (QED) is 0.782. The normalized spacial score (nSPS) is 14.5. The zero-order valence-corrected chi connectivity index (χ0v) is 12.0. The zero-order valence-electron chi connectivity index (χ0n) is 10.4. The van der Waals surface area contributed by atoms with Gasteiger partial charge in [0.2, 0.25) is 5.89 Å². The van der Waals surface area contributed by atoms with Crippen LogP contribution in [0, 0.1) is 0 Å². The molecule has 0 spiro atoms. The van der Waals surface area contributed by atoms with Crippen LogP contribution in [0.2, 0.25) is 0 Å². The minimum atomic E-state index is -0.743. The maximum atomic E-state index is 6.39. The van der Waals surface area contributed by atoms with E-state index in [2.05, 4.69) is 20.9 Å². The first-order valence-corrected chi connectivity index (χ1v) is 6.77. The van der Waals surface area contributed by atoms with Crippen molar-refractivity contribution < 1.29 is 4.42 Å². The van der Waals surface area contributed by atoms with Gasteiger partial charge in [0, 0.05) is 4.47 Å². The van der Waals surface area contributed by atoms with Crippen LogP contribution in [0.3, 0.4) is 0 Å². The number of nitrogens with zero attached hydrogens (tertiary/aromatic N) is 1. The van der Waals surface area contributed by atoms with Crippen LogP contribution in [0.5, 0.6) is 0 Å². The molecular formula is C15H13BrN2O. The van der Waals surface area contributed by atoms with Crippen molar-refractivity contribution >= 4 is 27.0 Å². The molecule has 3 aromatic rings. The van der Waals surface area contributed by atoms with E-state index in [9.17, 15) is 0 Å². The number of oxazole rings is 1. The molecule has 3 nitrogen and oxygen atoms in total. The maximum Gasteiger partial charge on any atom is 0.219 e. The second-order valence-electron chi connectivity index (χ2n) is 4.70. The molecule has 0 aliphatic carbocycles. The van der Waals surface area contributed by atoms with Crippen LogP contribution in [0.1, 0.15) is 18.4 Å². The zero-order chi connectivity index (χ0) is 13.5. The van der Waals surface area contributed by atoms with E-state index in [-0.39, 0.29) is 0 Å². The number of rotatable bonds is 2. The summed E-state index contributed by atoms with van der Waals surface area (Å²) in [5, 5.41) is 0. The van der Waals surface area contributed by atoms with Crippen LogP contribution in [0.25, 0.3) is 11.1 Å². The molecule has 2 N–H and O–H groups in total. The summed E-state index contributed by atoms with van der Waals surface area (Å²) >= 11 is 3.42. The van der Waals surface area contributed by atoms with Gasteiger partial charge in [-0.25, -0.2) is 4.98 Å². The molecule has 3 rings (SSSR count). The summed E-state index contributed by atoms with van der Waals surface area (Å²) in [5.41, 5.74) is 8.17. The molecule has 2 aromatic carbocycles. The molecule has 0 fully saturated rings. The van der Waals surface area contributed by atoms with Crippen LogP contribution >= 0.6 is 15.9 Å². The van der Waals surface area contributed by atoms with Crippen LogP contribution in [0.15, 0.2) is 57.4 Å². The molecule has 1 aromatic heterocycles. The molecule has 0 amide bonds. The highest BCUT2D eigenvalue weighted by Crippen LogP contribution is 2.29. The molecule has 1 unspecified atom stereocenters. The van der Waals surface area contributed by atoms with E-state index in [1.807, 2.05) is 55.5 Å². The number of fused-ring (bicyclic) bond motifs is 1. The van der Waals surface area contributed by atoms with Crippen LogP contribution in [0.4, 0.5) is 0 Å². The predicted octanol–water partition coefficient (Wildman–Crippen LogP) is 3.81. The van der Waals surface area contributed by atoms with E-state index in [0.717, 1.165) is 21.1 Å². The molecule has 0 saturated carbocycles. The first kappa shape index (κ1) is 12.4. The second kappa shape index (κ2) is 4.47. The van der Waals surface area contributed by atoms with Crippen LogP contribution < -0.4 is 5.73 Å². The molecule has 0 aliphatic heterocycles. The standard InChI is InChI=1S/C15H13BrN2O/c1-15(17,10-5-3-2-4-6-10)14-18-12-9-11(16)7-8-13(12)19-14/h2-9H,17H2,1H3. The highest BCUT2D eigenvalue weighted by Gasteiger charge is 2.29. The van der Waals surface area contributed by atoms with Gasteiger partial charge in [0.1, 0.15) is 11.1 Å². The number of nitrogens with two attached hydrogens (primary N) is 1. The lowest BCUT2D eigenvalue weighted by Gasteiger charge is -2.20. The minimum Gasteiger partial charge on any atom is -0.438 e. The first-order valence-electron chi connectivity index (χ1n) is 5.98. The Labute approximate surface area is 119 Å². The second-order valence-corrected chi connectivity index (χ2v) is 5.62. The third-order valence-corrected chi connectivity index (χ3v) is 3.66. The van der Waals surface area contributed by atoms with E-state index in [1.54, 1.807) is 0 Å². The van der Waals surface area contributed by atoms with Crippen molar-refractivity contribution in [1.82, 2.24) is 4.98 Å². The topological polar surface area (TPSA) is 52.0 Å². The Balaban J connectivity index is 2.13. The summed E-state index contributed by atoms with van der Waals surface area (Å²) < 4.78 is 6.76. The number of halogens is 1. The molecule has 4 heteroatoms. The Morgan fingerprint density at radius 3 is 2.63 bits per heavy atom. The van der Waals surface area contributed by atoms with Gasteiger partial charge < -0.3 is 10.2 Å². The van der Waals surface area contributed by atoms with E-state index < -0.39 is 5.54 Å². The molecule has 96 valence electrons. The SMILES string of the molecule is CC(N)(c1ccccc1)c1nc2cc(Br)ccc2o1. The summed E-state index contributed by atoms with van der Waals surface area (Å²) in [4.78, 5) is 4.50. The van der Waals surface area contributed by atoms with Crippen LogP contribution in [-0.4, -0.2) is 4.98 Å². The van der Waals surface area contributed by atoms with E-state index >= 15 is 0 Å². The molecular weight excluding hydrogens is 304 g/mol. The number of benzene rings is 2. The van der Waals surface area contributed by atoms with Gasteiger partial charge in [-0.3, -0.25) is 0 Å². The molecule has 0 bridgehead atoms. The van der Waals surface area contributed by atoms with Crippen molar-refractivity contribution in [1.29, 1.82) is 0 Å². The third kappa shape index (κ3) is 2.17. The molecule has 0 saturated heterocycles. The molecule has 0 radical (unpaired) electrons. The highest BCUT2D eigenvalue weighted by molar-refractivity contribution is 9.10. The van der Waals surface area contributed by atoms with Crippen molar-refractivity contribution in [2.24, 2.45) is 5.73 Å². The predicted molar refractivity (Wildman–Crippen MR) is 78.8 cm³/mol. The van der Waals surface area contributed by atoms with Gasteiger partial charge in [-0.15, -0.1) is 0 Å². The van der Waals surface area contributed by atoms with Gasteiger partial charge in [0.15, 0.2) is 5.58 Å². The summed E-state index contributed by atoms with van der Waals surface area (Å²) in [5.74, 6) is 0.520. The van der Waals surface area contributed by atoms with Gasteiger partial charge >= 0.3 is 0 Å².